The van der Waals surface area contributed by atoms with Crippen LogP contribution in [0.1, 0.15) is 15.9 Å². The SMILES string of the molecule is COC(=O)c1ccc2c(Br)cc(F)c(C)c2c1. The van der Waals surface area contributed by atoms with E-state index in [0.717, 1.165) is 5.39 Å². The number of benzene rings is 2. The van der Waals surface area contributed by atoms with E-state index in [1.807, 2.05) is 0 Å². The van der Waals surface area contributed by atoms with Crippen LogP contribution in [0.2, 0.25) is 0 Å². The van der Waals surface area contributed by atoms with Crippen molar-refractivity contribution in [3.63, 3.8) is 0 Å². The van der Waals surface area contributed by atoms with Crippen molar-refractivity contribution in [2.24, 2.45) is 0 Å². The molecular formula is C13H10BrFO2. The highest BCUT2D eigenvalue weighted by Crippen LogP contribution is 2.29. The first kappa shape index (κ1) is 12.0. The van der Waals surface area contributed by atoms with Gasteiger partial charge < -0.3 is 4.74 Å². The molecule has 0 bridgehead atoms. The Kier molecular flexibility index (Phi) is 3.15. The number of halogens is 2. The molecular weight excluding hydrogens is 287 g/mol. The van der Waals surface area contributed by atoms with E-state index in [2.05, 4.69) is 20.7 Å². The van der Waals surface area contributed by atoms with Crippen LogP contribution in [0.3, 0.4) is 0 Å². The fourth-order valence-corrected chi connectivity index (χ4v) is 2.28. The van der Waals surface area contributed by atoms with Crippen molar-refractivity contribution in [2.45, 2.75) is 6.92 Å². The molecule has 0 amide bonds. The number of esters is 1. The molecule has 0 heterocycles. The minimum atomic E-state index is -0.424. The highest BCUT2D eigenvalue weighted by Gasteiger charge is 2.11. The van der Waals surface area contributed by atoms with Crippen LogP contribution in [0.4, 0.5) is 4.39 Å². The lowest BCUT2D eigenvalue weighted by atomic mass is 10.0. The molecule has 0 N–H and O–H groups in total. The first-order valence-corrected chi connectivity index (χ1v) is 5.80. The number of fused-ring (bicyclic) bond motifs is 1. The Labute approximate surface area is 107 Å². The van der Waals surface area contributed by atoms with E-state index in [9.17, 15) is 9.18 Å². The summed E-state index contributed by atoms with van der Waals surface area (Å²) in [4.78, 5) is 11.4. The number of hydrogen-bond donors (Lipinski definition) is 0. The first-order chi connectivity index (χ1) is 8.04. The number of ether oxygens (including phenoxy) is 1. The molecule has 0 aromatic heterocycles. The summed E-state index contributed by atoms with van der Waals surface area (Å²) >= 11 is 3.30. The van der Waals surface area contributed by atoms with E-state index < -0.39 is 5.97 Å². The Morgan fingerprint density at radius 2 is 2.00 bits per heavy atom. The van der Waals surface area contributed by atoms with Crippen molar-refractivity contribution in [3.8, 4) is 0 Å². The second-order valence-corrected chi connectivity index (χ2v) is 4.57. The van der Waals surface area contributed by atoms with Crippen molar-refractivity contribution >= 4 is 32.7 Å². The molecule has 2 aromatic rings. The number of aryl methyl sites for hydroxylation is 1. The first-order valence-electron chi connectivity index (χ1n) is 5.01. The summed E-state index contributed by atoms with van der Waals surface area (Å²) in [6.07, 6.45) is 0. The number of methoxy groups -OCH3 is 1. The standard InChI is InChI=1S/C13H10BrFO2/c1-7-10-5-8(13(16)17-2)3-4-9(10)11(14)6-12(7)15/h3-6H,1-2H3. The highest BCUT2D eigenvalue weighted by molar-refractivity contribution is 9.10. The number of carbonyl (C=O) groups is 1. The van der Waals surface area contributed by atoms with Gasteiger partial charge in [0.1, 0.15) is 5.82 Å². The van der Waals surface area contributed by atoms with Gasteiger partial charge in [0.25, 0.3) is 0 Å². The van der Waals surface area contributed by atoms with E-state index >= 15 is 0 Å². The van der Waals surface area contributed by atoms with Crippen LogP contribution in [0.25, 0.3) is 10.8 Å². The van der Waals surface area contributed by atoms with Crippen LogP contribution in [0.15, 0.2) is 28.7 Å². The van der Waals surface area contributed by atoms with Crippen LogP contribution in [-0.4, -0.2) is 13.1 Å². The molecule has 2 rings (SSSR count). The maximum absolute atomic E-state index is 13.6. The highest BCUT2D eigenvalue weighted by atomic mass is 79.9. The van der Waals surface area contributed by atoms with E-state index in [-0.39, 0.29) is 5.82 Å². The molecule has 0 radical (unpaired) electrons. The fraction of sp³-hybridized carbons (Fsp3) is 0.154. The quantitative estimate of drug-likeness (QED) is 0.748. The summed E-state index contributed by atoms with van der Waals surface area (Å²) < 4.78 is 18.9. The molecule has 17 heavy (non-hydrogen) atoms. The third-order valence-corrected chi connectivity index (χ3v) is 3.37. The van der Waals surface area contributed by atoms with Crippen LogP contribution in [0, 0.1) is 12.7 Å². The lowest BCUT2D eigenvalue weighted by Crippen LogP contribution is -2.01. The largest absolute Gasteiger partial charge is 0.465 e. The minimum Gasteiger partial charge on any atom is -0.465 e. The molecule has 0 aliphatic heterocycles. The predicted molar refractivity (Wildman–Crippen MR) is 67.7 cm³/mol. The van der Waals surface area contributed by atoms with Gasteiger partial charge in [-0.15, -0.1) is 0 Å². The van der Waals surface area contributed by atoms with Gasteiger partial charge in [0.05, 0.1) is 12.7 Å². The van der Waals surface area contributed by atoms with Gasteiger partial charge >= 0.3 is 5.97 Å². The maximum Gasteiger partial charge on any atom is 0.337 e. The van der Waals surface area contributed by atoms with Crippen molar-refractivity contribution in [2.75, 3.05) is 7.11 Å². The topological polar surface area (TPSA) is 26.3 Å². The van der Waals surface area contributed by atoms with Gasteiger partial charge in [-0.05, 0) is 41.5 Å². The van der Waals surface area contributed by atoms with Crippen molar-refractivity contribution in [1.29, 1.82) is 0 Å². The molecule has 0 aliphatic carbocycles. The molecule has 0 saturated heterocycles. The molecule has 2 aromatic carbocycles. The Bertz CT molecular complexity index is 608. The van der Waals surface area contributed by atoms with Crippen LogP contribution < -0.4 is 0 Å². The molecule has 0 aliphatic rings. The summed E-state index contributed by atoms with van der Waals surface area (Å²) in [5, 5.41) is 1.58. The van der Waals surface area contributed by atoms with Gasteiger partial charge in [-0.25, -0.2) is 9.18 Å². The van der Waals surface area contributed by atoms with Crippen molar-refractivity contribution in [1.82, 2.24) is 0 Å². The zero-order chi connectivity index (χ0) is 12.6. The maximum atomic E-state index is 13.6. The van der Waals surface area contributed by atoms with Crippen molar-refractivity contribution in [3.05, 3.63) is 45.7 Å². The number of carbonyl (C=O) groups excluding carboxylic acids is 1. The second-order valence-electron chi connectivity index (χ2n) is 3.72. The van der Waals surface area contributed by atoms with Crippen LogP contribution in [-0.2, 0) is 4.74 Å². The summed E-state index contributed by atoms with van der Waals surface area (Å²) in [5.74, 6) is -0.724. The lowest BCUT2D eigenvalue weighted by molar-refractivity contribution is 0.0601. The molecule has 0 spiro atoms. The van der Waals surface area contributed by atoms with Gasteiger partial charge in [0, 0.05) is 4.47 Å². The van der Waals surface area contributed by atoms with Crippen LogP contribution in [0.5, 0.6) is 0 Å². The molecule has 2 nitrogen and oxygen atoms in total. The van der Waals surface area contributed by atoms with Gasteiger partial charge in [-0.2, -0.15) is 0 Å². The molecule has 0 atom stereocenters. The van der Waals surface area contributed by atoms with Crippen molar-refractivity contribution < 1.29 is 13.9 Å². The smallest absolute Gasteiger partial charge is 0.337 e. The van der Waals surface area contributed by atoms with E-state index in [4.69, 9.17) is 0 Å². The average molecular weight is 297 g/mol. The number of rotatable bonds is 1. The number of hydrogen-bond acceptors (Lipinski definition) is 2. The van der Waals surface area contributed by atoms with Crippen LogP contribution >= 0.6 is 15.9 Å². The average Bonchev–Trinajstić information content (AvgIpc) is 2.34. The predicted octanol–water partition coefficient (Wildman–Crippen LogP) is 3.84. The van der Waals surface area contributed by atoms with Gasteiger partial charge in [-0.1, -0.05) is 22.0 Å². The third kappa shape index (κ3) is 2.05. The van der Waals surface area contributed by atoms with E-state index in [1.165, 1.54) is 13.2 Å². The van der Waals surface area contributed by atoms with E-state index in [1.54, 1.807) is 25.1 Å². The summed E-state index contributed by atoms with van der Waals surface area (Å²) in [6, 6.07) is 6.51. The molecule has 0 unspecified atom stereocenters. The lowest BCUT2D eigenvalue weighted by Gasteiger charge is -2.07. The second kappa shape index (κ2) is 4.45. The minimum absolute atomic E-state index is 0.300. The normalized spacial score (nSPS) is 10.6. The summed E-state index contributed by atoms with van der Waals surface area (Å²) in [6.45, 7) is 1.69. The summed E-state index contributed by atoms with van der Waals surface area (Å²) in [7, 11) is 1.32. The molecule has 88 valence electrons. The zero-order valence-corrected chi connectivity index (χ0v) is 11.0. The fourth-order valence-electron chi connectivity index (χ4n) is 1.73. The molecule has 4 heteroatoms. The Hall–Kier alpha value is -1.42. The molecule has 0 fully saturated rings. The Balaban J connectivity index is 2.76. The van der Waals surface area contributed by atoms with Gasteiger partial charge in [0.2, 0.25) is 0 Å². The Morgan fingerprint density at radius 3 is 2.65 bits per heavy atom. The summed E-state index contributed by atoms with van der Waals surface area (Å²) in [5.41, 5.74) is 0.939. The van der Waals surface area contributed by atoms with Gasteiger partial charge in [-0.3, -0.25) is 0 Å². The Morgan fingerprint density at radius 1 is 1.29 bits per heavy atom. The van der Waals surface area contributed by atoms with Gasteiger partial charge in [0.15, 0.2) is 0 Å². The monoisotopic (exact) mass is 296 g/mol. The van der Waals surface area contributed by atoms with E-state index in [0.29, 0.717) is 21.0 Å². The molecule has 0 saturated carbocycles. The third-order valence-electron chi connectivity index (χ3n) is 2.71. The zero-order valence-electron chi connectivity index (χ0n) is 9.38.